The average molecular weight is 394 g/mol. The van der Waals surface area contributed by atoms with Gasteiger partial charge in [0.25, 0.3) is 6.01 Å². The van der Waals surface area contributed by atoms with Crippen LogP contribution in [0.4, 0.5) is 11.7 Å². The van der Waals surface area contributed by atoms with Gasteiger partial charge in [-0.15, -0.1) is 0 Å². The quantitative estimate of drug-likeness (QED) is 0.732. The lowest BCUT2D eigenvalue weighted by Crippen LogP contribution is -2.40. The summed E-state index contributed by atoms with van der Waals surface area (Å²) in [4.78, 5) is 4.53. The molecular formula is C17H16ClN3O4S. The molecule has 3 aromatic rings. The molecule has 1 N–H and O–H groups in total. The Labute approximate surface area is 155 Å². The molecule has 0 aliphatic carbocycles. The Morgan fingerprint density at radius 2 is 1.92 bits per heavy atom. The molecule has 1 fully saturated rings. The Bertz CT molecular complexity index is 1050. The van der Waals surface area contributed by atoms with Gasteiger partial charge in [-0.05, 0) is 30.3 Å². The molecule has 136 valence electrons. The van der Waals surface area contributed by atoms with Crippen molar-refractivity contribution in [3.63, 3.8) is 0 Å². The lowest BCUT2D eigenvalue weighted by atomic mass is 10.3. The molecule has 1 aliphatic rings. The summed E-state index contributed by atoms with van der Waals surface area (Å²) in [5.41, 5.74) is 1.78. The number of morpholine rings is 1. The number of hydrogen-bond acceptors (Lipinski definition) is 6. The van der Waals surface area contributed by atoms with E-state index in [9.17, 15) is 8.42 Å². The summed E-state index contributed by atoms with van der Waals surface area (Å²) in [5.74, 6) is 0. The molecule has 0 radical (unpaired) electrons. The molecule has 2 aromatic carbocycles. The van der Waals surface area contributed by atoms with Gasteiger partial charge < -0.3 is 14.5 Å². The molecule has 0 atom stereocenters. The minimum atomic E-state index is -3.56. The third-order valence-corrected chi connectivity index (χ3v) is 6.17. The zero-order valence-electron chi connectivity index (χ0n) is 13.7. The summed E-state index contributed by atoms with van der Waals surface area (Å²) in [7, 11) is -3.56. The highest BCUT2D eigenvalue weighted by atomic mass is 35.5. The molecule has 1 aromatic heterocycles. The third-order valence-electron chi connectivity index (χ3n) is 4.04. The van der Waals surface area contributed by atoms with Crippen LogP contribution in [0.1, 0.15) is 0 Å². The van der Waals surface area contributed by atoms with E-state index < -0.39 is 10.0 Å². The molecule has 1 saturated heterocycles. The van der Waals surface area contributed by atoms with Crippen molar-refractivity contribution in [1.29, 1.82) is 0 Å². The van der Waals surface area contributed by atoms with Crippen LogP contribution in [0.15, 0.2) is 51.8 Å². The number of halogens is 1. The molecule has 4 rings (SSSR count). The van der Waals surface area contributed by atoms with Gasteiger partial charge >= 0.3 is 0 Å². The molecule has 0 spiro atoms. The predicted octanol–water partition coefficient (Wildman–Crippen LogP) is 3.25. The second kappa shape index (κ2) is 6.88. The molecule has 0 saturated carbocycles. The Hall–Kier alpha value is -2.13. The van der Waals surface area contributed by atoms with Gasteiger partial charge in [-0.1, -0.05) is 17.7 Å². The standard InChI is InChI=1S/C17H16ClN3O4S/c18-12-4-5-15-16(10-12)25-17(20-15)19-13-2-1-3-14(11-13)26(22,23)21-6-8-24-9-7-21/h1-5,10-11H,6-9H2,(H,19,20). The topological polar surface area (TPSA) is 84.7 Å². The number of fused-ring (bicyclic) bond motifs is 1. The van der Waals surface area contributed by atoms with Crippen LogP contribution in [0, 0.1) is 0 Å². The highest BCUT2D eigenvalue weighted by Crippen LogP contribution is 2.26. The van der Waals surface area contributed by atoms with Crippen molar-refractivity contribution in [2.45, 2.75) is 4.90 Å². The van der Waals surface area contributed by atoms with E-state index in [4.69, 9.17) is 20.8 Å². The molecule has 1 aliphatic heterocycles. The second-order valence-corrected chi connectivity index (χ2v) is 8.17. The van der Waals surface area contributed by atoms with Crippen molar-refractivity contribution in [3.05, 3.63) is 47.5 Å². The normalized spacial score (nSPS) is 16.0. The van der Waals surface area contributed by atoms with E-state index in [2.05, 4.69) is 10.3 Å². The molecule has 7 nitrogen and oxygen atoms in total. The zero-order valence-corrected chi connectivity index (χ0v) is 15.3. The van der Waals surface area contributed by atoms with Gasteiger partial charge in [0.2, 0.25) is 10.0 Å². The van der Waals surface area contributed by atoms with E-state index in [1.54, 1.807) is 42.5 Å². The number of ether oxygens (including phenoxy) is 1. The molecule has 26 heavy (non-hydrogen) atoms. The largest absolute Gasteiger partial charge is 0.423 e. The monoisotopic (exact) mass is 393 g/mol. The van der Waals surface area contributed by atoms with E-state index in [-0.39, 0.29) is 10.9 Å². The van der Waals surface area contributed by atoms with E-state index >= 15 is 0 Å². The number of rotatable bonds is 4. The van der Waals surface area contributed by atoms with Crippen molar-refractivity contribution in [1.82, 2.24) is 9.29 Å². The summed E-state index contributed by atoms with van der Waals surface area (Å²) < 4.78 is 37.8. The Balaban J connectivity index is 1.60. The van der Waals surface area contributed by atoms with Gasteiger partial charge in [0.1, 0.15) is 5.52 Å². The fourth-order valence-corrected chi connectivity index (χ4v) is 4.36. The Morgan fingerprint density at radius 1 is 1.12 bits per heavy atom. The van der Waals surface area contributed by atoms with Gasteiger partial charge in [-0.2, -0.15) is 9.29 Å². The molecular weight excluding hydrogens is 378 g/mol. The first-order valence-electron chi connectivity index (χ1n) is 8.03. The first-order valence-corrected chi connectivity index (χ1v) is 9.85. The first-order chi connectivity index (χ1) is 12.5. The molecule has 0 amide bonds. The summed E-state index contributed by atoms with van der Waals surface area (Å²) in [6.45, 7) is 1.52. The minimum absolute atomic E-state index is 0.212. The average Bonchev–Trinajstić information content (AvgIpc) is 3.04. The maximum absolute atomic E-state index is 12.8. The Morgan fingerprint density at radius 3 is 2.73 bits per heavy atom. The van der Waals surface area contributed by atoms with Crippen LogP contribution in [0.2, 0.25) is 5.02 Å². The van der Waals surface area contributed by atoms with Crippen LogP contribution in [0.3, 0.4) is 0 Å². The summed E-state index contributed by atoms with van der Waals surface area (Å²) in [5, 5.41) is 3.55. The molecule has 0 unspecified atom stereocenters. The van der Waals surface area contributed by atoms with E-state index in [1.165, 1.54) is 4.31 Å². The summed E-state index contributed by atoms with van der Waals surface area (Å²) in [6, 6.07) is 12.0. The molecule has 9 heteroatoms. The first kappa shape index (κ1) is 17.3. The van der Waals surface area contributed by atoms with E-state index in [0.717, 1.165) is 0 Å². The maximum atomic E-state index is 12.8. The summed E-state index contributed by atoms with van der Waals surface area (Å²) >= 11 is 5.94. The van der Waals surface area contributed by atoms with Crippen molar-refractivity contribution in [2.75, 3.05) is 31.6 Å². The smallest absolute Gasteiger partial charge is 0.300 e. The maximum Gasteiger partial charge on any atom is 0.300 e. The highest BCUT2D eigenvalue weighted by molar-refractivity contribution is 7.89. The van der Waals surface area contributed by atoms with Gasteiger partial charge in [0, 0.05) is 29.9 Å². The van der Waals surface area contributed by atoms with Crippen molar-refractivity contribution in [3.8, 4) is 0 Å². The molecule has 0 bridgehead atoms. The van der Waals surface area contributed by atoms with E-state index in [1.807, 2.05) is 0 Å². The minimum Gasteiger partial charge on any atom is -0.423 e. The number of oxazole rings is 1. The Kier molecular flexibility index (Phi) is 4.58. The van der Waals surface area contributed by atoms with Crippen molar-refractivity contribution < 1.29 is 17.6 Å². The number of aromatic nitrogens is 1. The van der Waals surface area contributed by atoms with Crippen LogP contribution in [0.5, 0.6) is 0 Å². The summed E-state index contributed by atoms with van der Waals surface area (Å²) in [6.07, 6.45) is 0. The fraction of sp³-hybridized carbons (Fsp3) is 0.235. The number of sulfonamides is 1. The second-order valence-electron chi connectivity index (χ2n) is 5.80. The van der Waals surface area contributed by atoms with Crippen LogP contribution in [0.25, 0.3) is 11.1 Å². The van der Waals surface area contributed by atoms with Gasteiger partial charge in [0.05, 0.1) is 18.1 Å². The van der Waals surface area contributed by atoms with Crippen molar-refractivity contribution >= 4 is 44.4 Å². The van der Waals surface area contributed by atoms with Gasteiger partial charge in [-0.25, -0.2) is 8.42 Å². The van der Waals surface area contributed by atoms with Crippen LogP contribution in [-0.4, -0.2) is 44.0 Å². The number of anilines is 2. The number of benzene rings is 2. The van der Waals surface area contributed by atoms with Crippen LogP contribution in [-0.2, 0) is 14.8 Å². The van der Waals surface area contributed by atoms with Crippen LogP contribution >= 0.6 is 11.6 Å². The SMILES string of the molecule is O=S(=O)(c1cccc(Nc2nc3ccc(Cl)cc3o2)c1)N1CCOCC1. The highest BCUT2D eigenvalue weighted by Gasteiger charge is 2.26. The van der Waals surface area contributed by atoms with Gasteiger partial charge in [-0.3, -0.25) is 0 Å². The third kappa shape index (κ3) is 3.41. The van der Waals surface area contributed by atoms with Crippen LogP contribution < -0.4 is 5.32 Å². The van der Waals surface area contributed by atoms with Gasteiger partial charge in [0.15, 0.2) is 5.58 Å². The lowest BCUT2D eigenvalue weighted by Gasteiger charge is -2.26. The zero-order chi connectivity index (χ0) is 18.1. The van der Waals surface area contributed by atoms with Crippen molar-refractivity contribution in [2.24, 2.45) is 0 Å². The number of hydrogen-bond donors (Lipinski definition) is 1. The fourth-order valence-electron chi connectivity index (χ4n) is 2.75. The molecule has 2 heterocycles. The predicted molar refractivity (Wildman–Crippen MR) is 98.3 cm³/mol. The van der Waals surface area contributed by atoms with E-state index in [0.29, 0.717) is 48.1 Å². The number of nitrogens with one attached hydrogen (secondary N) is 1. The lowest BCUT2D eigenvalue weighted by molar-refractivity contribution is 0.0730. The number of nitrogens with zero attached hydrogens (tertiary/aromatic N) is 2.